The third-order valence-corrected chi connectivity index (χ3v) is 6.78. The predicted octanol–water partition coefficient (Wildman–Crippen LogP) is 4.90. The molecule has 0 aliphatic heterocycles. The third-order valence-electron chi connectivity index (χ3n) is 6.78. The molecule has 0 saturated heterocycles. The van der Waals surface area contributed by atoms with Gasteiger partial charge in [0.1, 0.15) is 5.75 Å². The lowest BCUT2D eigenvalue weighted by Gasteiger charge is -2.24. The number of hydrogen-bond acceptors (Lipinski definition) is 3. The summed E-state index contributed by atoms with van der Waals surface area (Å²) < 4.78 is 12.9. The second-order valence-corrected chi connectivity index (χ2v) is 8.80. The van der Waals surface area contributed by atoms with Gasteiger partial charge >= 0.3 is 0 Å². The Bertz CT molecular complexity index is 1290. The first-order valence-corrected chi connectivity index (χ1v) is 11.7. The van der Waals surface area contributed by atoms with Crippen LogP contribution in [0.1, 0.15) is 42.1 Å². The van der Waals surface area contributed by atoms with Crippen molar-refractivity contribution in [3.05, 3.63) is 65.5 Å². The third kappa shape index (κ3) is 4.23. The number of hydrogen-bond donors (Lipinski definition) is 2. The number of carbonyl (C=O) groups excluding carboxylic acids is 1. The Labute approximate surface area is 193 Å². The molecule has 1 atom stereocenters. The van der Waals surface area contributed by atoms with Gasteiger partial charge in [0.2, 0.25) is 5.91 Å². The van der Waals surface area contributed by atoms with Gasteiger partial charge in [-0.3, -0.25) is 4.79 Å². The van der Waals surface area contributed by atoms with Crippen molar-refractivity contribution in [2.45, 2.75) is 44.7 Å². The number of aromatic amines is 1. The normalized spacial score (nSPS) is 15.6. The Kier molecular flexibility index (Phi) is 6.09. The molecule has 33 heavy (non-hydrogen) atoms. The summed E-state index contributed by atoms with van der Waals surface area (Å²) in [6.45, 7) is 1.47. The van der Waals surface area contributed by atoms with E-state index in [0.717, 1.165) is 49.2 Å². The Morgan fingerprint density at radius 2 is 2.06 bits per heavy atom. The van der Waals surface area contributed by atoms with Crippen LogP contribution < -0.4 is 10.1 Å². The summed E-state index contributed by atoms with van der Waals surface area (Å²) in [5.74, 6) is 0.956. The van der Waals surface area contributed by atoms with E-state index in [4.69, 9.17) is 9.47 Å². The molecule has 0 unspecified atom stereocenters. The van der Waals surface area contributed by atoms with Crippen LogP contribution in [0, 0.1) is 0 Å². The molecule has 6 heteroatoms. The second kappa shape index (κ2) is 9.32. The summed E-state index contributed by atoms with van der Waals surface area (Å²) in [5, 5.41) is 5.71. The summed E-state index contributed by atoms with van der Waals surface area (Å²) in [6, 6.07) is 14.5. The summed E-state index contributed by atoms with van der Waals surface area (Å²) in [7, 11) is 3.41. The van der Waals surface area contributed by atoms with E-state index in [2.05, 4.69) is 57.5 Å². The number of aromatic nitrogens is 2. The predicted molar refractivity (Wildman–Crippen MR) is 131 cm³/mol. The number of nitrogens with zero attached hydrogens (tertiary/aromatic N) is 1. The number of methoxy groups -OCH3 is 2. The van der Waals surface area contributed by atoms with Gasteiger partial charge in [-0.25, -0.2) is 0 Å². The topological polar surface area (TPSA) is 68.3 Å². The number of aryl methyl sites for hydroxylation is 2. The van der Waals surface area contributed by atoms with Gasteiger partial charge in [0.15, 0.2) is 0 Å². The maximum atomic E-state index is 13.0. The van der Waals surface area contributed by atoms with Gasteiger partial charge in [-0.2, -0.15) is 0 Å². The van der Waals surface area contributed by atoms with Crippen LogP contribution in [-0.4, -0.2) is 36.3 Å². The number of H-pyrrole nitrogens is 1. The minimum Gasteiger partial charge on any atom is -0.497 e. The summed E-state index contributed by atoms with van der Waals surface area (Å²) in [6.07, 6.45) is 6.40. The van der Waals surface area contributed by atoms with Gasteiger partial charge < -0.3 is 24.3 Å². The van der Waals surface area contributed by atoms with Crippen molar-refractivity contribution in [3.8, 4) is 5.75 Å². The van der Waals surface area contributed by atoms with Crippen LogP contribution in [0.5, 0.6) is 5.75 Å². The quantitative estimate of drug-likeness (QED) is 0.405. The van der Waals surface area contributed by atoms with E-state index in [1.54, 1.807) is 14.2 Å². The molecule has 0 spiro atoms. The number of carbonyl (C=O) groups is 1. The fourth-order valence-corrected chi connectivity index (χ4v) is 5.12. The lowest BCUT2D eigenvalue weighted by Crippen LogP contribution is -2.31. The van der Waals surface area contributed by atoms with Crippen LogP contribution in [0.15, 0.2) is 48.7 Å². The summed E-state index contributed by atoms with van der Waals surface area (Å²) in [4.78, 5) is 16.5. The molecule has 0 fully saturated rings. The molecule has 0 bridgehead atoms. The minimum atomic E-state index is 0.0303. The molecule has 172 valence electrons. The molecule has 0 saturated carbocycles. The molecule has 1 amide bonds. The molecule has 6 nitrogen and oxygen atoms in total. The Balaban J connectivity index is 1.30. The Morgan fingerprint density at radius 3 is 2.91 bits per heavy atom. The summed E-state index contributed by atoms with van der Waals surface area (Å²) in [5.41, 5.74) is 5.95. The largest absolute Gasteiger partial charge is 0.497 e. The van der Waals surface area contributed by atoms with E-state index in [9.17, 15) is 4.79 Å². The van der Waals surface area contributed by atoms with E-state index >= 15 is 0 Å². The first kappa shape index (κ1) is 21.6. The number of amides is 1. The molecule has 2 N–H and O–H groups in total. The zero-order valence-electron chi connectivity index (χ0n) is 19.3. The zero-order chi connectivity index (χ0) is 22.8. The van der Waals surface area contributed by atoms with Gasteiger partial charge in [0, 0.05) is 53.8 Å². The molecule has 1 aliphatic carbocycles. The molecule has 5 rings (SSSR count). The standard InChI is InChI=1S/C27H31N3O3/c1-32-15-14-30-17-18(20-6-3-4-9-25(20)30)10-13-26(31)28-24-8-5-7-21-22-16-19(33-2)11-12-23(22)29-27(21)24/h3-4,6,9,11-12,16-17,24,29H,5,7-8,10,13-15H2,1-2H3,(H,28,31)/t24-/m0/s1. The maximum absolute atomic E-state index is 13.0. The van der Waals surface area contributed by atoms with Crippen LogP contribution in [0.25, 0.3) is 21.8 Å². The van der Waals surface area contributed by atoms with E-state index in [1.807, 2.05) is 6.07 Å². The smallest absolute Gasteiger partial charge is 0.220 e. The highest BCUT2D eigenvalue weighted by atomic mass is 16.5. The molecule has 2 aromatic heterocycles. The Morgan fingerprint density at radius 1 is 1.18 bits per heavy atom. The van der Waals surface area contributed by atoms with Crippen LogP contribution in [0.2, 0.25) is 0 Å². The van der Waals surface area contributed by atoms with Gasteiger partial charge in [0.05, 0.1) is 19.8 Å². The number of para-hydroxylation sites is 1. The SMILES string of the molecule is COCCn1cc(CCC(=O)N[C@H]2CCCc3c2[nH]c2ccc(OC)cc32)c2ccccc21. The van der Waals surface area contributed by atoms with Crippen molar-refractivity contribution in [1.82, 2.24) is 14.9 Å². The number of fused-ring (bicyclic) bond motifs is 4. The zero-order valence-corrected chi connectivity index (χ0v) is 19.3. The van der Waals surface area contributed by atoms with Crippen LogP contribution in [-0.2, 0) is 28.9 Å². The lowest BCUT2D eigenvalue weighted by molar-refractivity contribution is -0.121. The second-order valence-electron chi connectivity index (χ2n) is 8.80. The Hall–Kier alpha value is -3.25. The number of nitrogens with one attached hydrogen (secondary N) is 2. The molecular weight excluding hydrogens is 414 g/mol. The minimum absolute atomic E-state index is 0.0303. The van der Waals surface area contributed by atoms with Crippen molar-refractivity contribution >= 4 is 27.7 Å². The number of rotatable bonds is 8. The average molecular weight is 446 g/mol. The highest BCUT2D eigenvalue weighted by molar-refractivity contribution is 5.87. The van der Waals surface area contributed by atoms with Crippen molar-refractivity contribution < 1.29 is 14.3 Å². The number of benzene rings is 2. The van der Waals surface area contributed by atoms with Gasteiger partial charge in [0.25, 0.3) is 0 Å². The van der Waals surface area contributed by atoms with E-state index in [0.29, 0.717) is 13.0 Å². The molecule has 2 aromatic carbocycles. The lowest BCUT2D eigenvalue weighted by atomic mass is 9.91. The van der Waals surface area contributed by atoms with Crippen molar-refractivity contribution in [1.29, 1.82) is 0 Å². The molecule has 1 aliphatic rings. The first-order chi connectivity index (χ1) is 16.2. The summed E-state index contributed by atoms with van der Waals surface area (Å²) >= 11 is 0. The molecule has 2 heterocycles. The highest BCUT2D eigenvalue weighted by Crippen LogP contribution is 2.36. The fourth-order valence-electron chi connectivity index (χ4n) is 5.12. The van der Waals surface area contributed by atoms with Crippen molar-refractivity contribution in [3.63, 3.8) is 0 Å². The van der Waals surface area contributed by atoms with Crippen LogP contribution in [0.4, 0.5) is 0 Å². The van der Waals surface area contributed by atoms with Crippen LogP contribution >= 0.6 is 0 Å². The monoisotopic (exact) mass is 445 g/mol. The molecule has 0 radical (unpaired) electrons. The van der Waals surface area contributed by atoms with Crippen molar-refractivity contribution in [2.75, 3.05) is 20.8 Å². The van der Waals surface area contributed by atoms with E-state index in [-0.39, 0.29) is 11.9 Å². The first-order valence-electron chi connectivity index (χ1n) is 11.7. The van der Waals surface area contributed by atoms with Gasteiger partial charge in [-0.05, 0) is 61.1 Å². The fraction of sp³-hybridized carbons (Fsp3) is 0.370. The van der Waals surface area contributed by atoms with Crippen LogP contribution in [0.3, 0.4) is 0 Å². The molecular formula is C27H31N3O3. The van der Waals surface area contributed by atoms with Gasteiger partial charge in [-0.1, -0.05) is 18.2 Å². The van der Waals surface area contributed by atoms with Gasteiger partial charge in [-0.15, -0.1) is 0 Å². The van der Waals surface area contributed by atoms with E-state index in [1.165, 1.54) is 27.4 Å². The molecule has 4 aromatic rings. The maximum Gasteiger partial charge on any atom is 0.220 e. The van der Waals surface area contributed by atoms with E-state index < -0.39 is 0 Å². The van der Waals surface area contributed by atoms with Crippen molar-refractivity contribution in [2.24, 2.45) is 0 Å². The number of ether oxygens (including phenoxy) is 2. The highest BCUT2D eigenvalue weighted by Gasteiger charge is 2.25. The average Bonchev–Trinajstić information content (AvgIpc) is 3.40.